The van der Waals surface area contributed by atoms with Crippen molar-refractivity contribution in [2.75, 3.05) is 5.32 Å². The highest BCUT2D eigenvalue weighted by Gasteiger charge is 2.54. The van der Waals surface area contributed by atoms with E-state index in [2.05, 4.69) is 40.5 Å². The van der Waals surface area contributed by atoms with Crippen molar-refractivity contribution in [3.05, 3.63) is 47.2 Å². The van der Waals surface area contributed by atoms with Gasteiger partial charge in [-0.25, -0.2) is 9.59 Å². The maximum Gasteiger partial charge on any atom is 0.330 e. The van der Waals surface area contributed by atoms with E-state index in [1.54, 1.807) is 35.2 Å². The second-order valence-corrected chi connectivity index (χ2v) is 16.3. The Balaban J connectivity index is 1.54. The van der Waals surface area contributed by atoms with E-state index in [1.165, 1.54) is 0 Å². The normalized spacial score (nSPS) is 19.0. The van der Waals surface area contributed by atoms with Crippen LogP contribution < -0.4 is 10.6 Å². The number of fused-ring (bicyclic) bond motifs is 1. The van der Waals surface area contributed by atoms with Crippen LogP contribution >= 0.6 is 0 Å². The zero-order chi connectivity index (χ0) is 24.9. The third kappa shape index (κ3) is 3.79. The Labute approximate surface area is 200 Å². The van der Waals surface area contributed by atoms with Crippen molar-refractivity contribution in [1.82, 2.24) is 20.4 Å². The molecule has 2 aliphatic rings. The summed E-state index contributed by atoms with van der Waals surface area (Å²) in [5.41, 5.74) is 1.22. The number of carboxylic acid groups (broad SMARTS) is 1. The number of rotatable bonds is 6. The average molecular weight is 484 g/mol. The molecule has 1 saturated carbocycles. The van der Waals surface area contributed by atoms with Crippen molar-refractivity contribution >= 4 is 31.8 Å². The summed E-state index contributed by atoms with van der Waals surface area (Å²) >= 11 is 0. The summed E-state index contributed by atoms with van der Waals surface area (Å²) in [5, 5.41) is 22.5. The Morgan fingerprint density at radius 3 is 2.32 bits per heavy atom. The molecule has 1 fully saturated rings. The maximum atomic E-state index is 13.3. The van der Waals surface area contributed by atoms with Crippen LogP contribution in [-0.4, -0.2) is 46.2 Å². The molecule has 0 saturated heterocycles. The molecule has 1 aromatic carbocycles. The lowest BCUT2D eigenvalue weighted by Gasteiger charge is -2.48. The van der Waals surface area contributed by atoms with Crippen molar-refractivity contribution in [2.45, 2.75) is 75.9 Å². The first-order valence-electron chi connectivity index (χ1n) is 11.6. The molecule has 10 heteroatoms. The smallest absolute Gasteiger partial charge is 0.330 e. The van der Waals surface area contributed by atoms with Crippen LogP contribution in [0.2, 0.25) is 24.7 Å². The monoisotopic (exact) mass is 483 g/mol. The van der Waals surface area contributed by atoms with Gasteiger partial charge in [0.1, 0.15) is 0 Å². The average Bonchev–Trinajstić information content (AvgIpc) is 3.22. The van der Waals surface area contributed by atoms with Gasteiger partial charge in [-0.15, -0.1) is 0 Å². The fourth-order valence-electron chi connectivity index (χ4n) is 5.15. The number of urea groups is 1. The third-order valence-corrected chi connectivity index (χ3v) is 11.3. The SMILES string of the molecule is CC1(C)c2[nH]nc(NC(=O)C3([Si](C)(C)C)CCC3)c2CN1C(=O)NC(C(=O)O)c1ccccc1. The molecule has 34 heavy (non-hydrogen) atoms. The minimum absolute atomic E-state index is 0.0166. The highest BCUT2D eigenvalue weighted by atomic mass is 28.3. The number of carbonyl (C=O) groups is 3. The predicted octanol–water partition coefficient (Wildman–Crippen LogP) is 4.20. The molecule has 1 aliphatic heterocycles. The van der Waals surface area contributed by atoms with E-state index in [-0.39, 0.29) is 17.5 Å². The van der Waals surface area contributed by atoms with Gasteiger partial charge >= 0.3 is 12.0 Å². The predicted molar refractivity (Wildman–Crippen MR) is 131 cm³/mol. The van der Waals surface area contributed by atoms with Gasteiger partial charge in [0.25, 0.3) is 0 Å². The number of aliphatic carboxylic acids is 1. The zero-order valence-electron chi connectivity index (χ0n) is 20.4. The number of amides is 3. The Morgan fingerprint density at radius 1 is 1.15 bits per heavy atom. The topological polar surface area (TPSA) is 127 Å². The lowest BCUT2D eigenvalue weighted by molar-refractivity contribution is -0.139. The molecule has 1 aliphatic carbocycles. The number of anilines is 1. The first kappa shape index (κ1) is 24.0. The summed E-state index contributed by atoms with van der Waals surface area (Å²) < 4.78 is 0. The van der Waals surface area contributed by atoms with E-state index in [1.807, 2.05) is 13.8 Å². The molecule has 0 bridgehead atoms. The van der Waals surface area contributed by atoms with E-state index >= 15 is 0 Å². The summed E-state index contributed by atoms with van der Waals surface area (Å²) in [4.78, 5) is 40.0. The number of benzene rings is 1. The van der Waals surface area contributed by atoms with Crippen LogP contribution in [-0.2, 0) is 21.7 Å². The van der Waals surface area contributed by atoms with Gasteiger partial charge < -0.3 is 20.6 Å². The number of carbonyl (C=O) groups excluding carboxylic acids is 2. The first-order valence-corrected chi connectivity index (χ1v) is 15.1. The summed E-state index contributed by atoms with van der Waals surface area (Å²) in [6.45, 7) is 10.6. The number of aromatic nitrogens is 2. The van der Waals surface area contributed by atoms with Crippen LogP contribution in [0.1, 0.15) is 56.0 Å². The molecule has 1 atom stereocenters. The molecular formula is C24H33N5O4Si. The van der Waals surface area contributed by atoms with Gasteiger partial charge in [0.2, 0.25) is 5.91 Å². The van der Waals surface area contributed by atoms with Gasteiger partial charge in [-0.3, -0.25) is 9.89 Å². The van der Waals surface area contributed by atoms with E-state index in [0.717, 1.165) is 30.5 Å². The van der Waals surface area contributed by atoms with Crippen LogP contribution in [0.25, 0.3) is 0 Å². The number of aromatic amines is 1. The van der Waals surface area contributed by atoms with Crippen LogP contribution in [0.5, 0.6) is 0 Å². The number of H-pyrrole nitrogens is 1. The van der Waals surface area contributed by atoms with Gasteiger partial charge in [0.15, 0.2) is 11.9 Å². The summed E-state index contributed by atoms with van der Waals surface area (Å²) in [5.74, 6) is -0.671. The highest BCUT2D eigenvalue weighted by Crippen LogP contribution is 2.56. The highest BCUT2D eigenvalue weighted by molar-refractivity contribution is 6.83. The first-order chi connectivity index (χ1) is 15.9. The van der Waals surface area contributed by atoms with Crippen molar-refractivity contribution in [1.29, 1.82) is 0 Å². The number of hydrogen-bond acceptors (Lipinski definition) is 4. The van der Waals surface area contributed by atoms with Crippen molar-refractivity contribution in [2.24, 2.45) is 0 Å². The summed E-state index contributed by atoms with van der Waals surface area (Å²) in [6.07, 6.45) is 2.86. The Kier molecular flexibility index (Phi) is 5.83. The van der Waals surface area contributed by atoms with Crippen molar-refractivity contribution in [3.8, 4) is 0 Å². The molecule has 2 aromatic rings. The van der Waals surface area contributed by atoms with Crippen LogP contribution in [0.3, 0.4) is 0 Å². The second-order valence-electron chi connectivity index (χ2n) is 10.8. The molecule has 4 rings (SSSR count). The minimum Gasteiger partial charge on any atom is -0.479 e. The number of carboxylic acids is 1. The molecular weight excluding hydrogens is 450 g/mol. The van der Waals surface area contributed by atoms with E-state index in [0.29, 0.717) is 11.4 Å². The lowest BCUT2D eigenvalue weighted by Crippen LogP contribution is -2.52. The Hall–Kier alpha value is -3.14. The van der Waals surface area contributed by atoms with Crippen LogP contribution in [0.4, 0.5) is 10.6 Å². The van der Waals surface area contributed by atoms with E-state index in [4.69, 9.17) is 0 Å². The van der Waals surface area contributed by atoms with Gasteiger partial charge in [0.05, 0.1) is 25.9 Å². The number of nitrogens with one attached hydrogen (secondary N) is 3. The number of nitrogens with zero attached hydrogens (tertiary/aromatic N) is 2. The summed E-state index contributed by atoms with van der Waals surface area (Å²) in [7, 11) is -1.75. The zero-order valence-corrected chi connectivity index (χ0v) is 21.4. The molecule has 3 amide bonds. The molecule has 0 spiro atoms. The molecule has 9 nitrogen and oxygen atoms in total. The van der Waals surface area contributed by atoms with Gasteiger partial charge in [-0.05, 0) is 32.3 Å². The largest absolute Gasteiger partial charge is 0.479 e. The van der Waals surface area contributed by atoms with Crippen LogP contribution in [0.15, 0.2) is 30.3 Å². The molecule has 4 N–H and O–H groups in total. The molecule has 2 heterocycles. The fraction of sp³-hybridized carbons (Fsp3) is 0.500. The Morgan fingerprint density at radius 2 is 1.79 bits per heavy atom. The molecule has 1 unspecified atom stereocenters. The molecule has 0 radical (unpaired) electrons. The van der Waals surface area contributed by atoms with E-state index in [9.17, 15) is 19.5 Å². The van der Waals surface area contributed by atoms with Gasteiger partial charge in [-0.1, -0.05) is 56.4 Å². The fourth-order valence-corrected chi connectivity index (χ4v) is 7.75. The van der Waals surface area contributed by atoms with Gasteiger partial charge in [0, 0.05) is 10.6 Å². The maximum absolute atomic E-state index is 13.3. The number of hydrogen-bond donors (Lipinski definition) is 4. The lowest BCUT2D eigenvalue weighted by atomic mass is 9.83. The van der Waals surface area contributed by atoms with E-state index < -0.39 is 31.7 Å². The molecule has 182 valence electrons. The Bertz CT molecular complexity index is 1120. The minimum atomic E-state index is -1.75. The molecule has 1 aromatic heterocycles. The van der Waals surface area contributed by atoms with Crippen LogP contribution in [0, 0.1) is 0 Å². The van der Waals surface area contributed by atoms with Crippen molar-refractivity contribution in [3.63, 3.8) is 0 Å². The quantitative estimate of drug-likeness (QED) is 0.458. The second kappa shape index (κ2) is 8.26. The van der Waals surface area contributed by atoms with Gasteiger partial charge in [-0.2, -0.15) is 5.10 Å². The standard InChI is InChI=1S/C24H33N5O4Si/c1-23(2)18-16(19(28-27-18)26-21(32)24(12-9-13-24)34(3,4)5)14-29(23)22(33)25-17(20(30)31)15-10-7-6-8-11-15/h6-8,10-11,17H,9,12-14H2,1-5H3,(H,25,33)(H,30,31)(H2,26,27,28,32). The summed E-state index contributed by atoms with van der Waals surface area (Å²) in [6, 6.07) is 6.93. The third-order valence-electron chi connectivity index (χ3n) is 7.67. The van der Waals surface area contributed by atoms with Crippen molar-refractivity contribution < 1.29 is 19.5 Å².